The third-order valence-corrected chi connectivity index (χ3v) is 5.38. The summed E-state index contributed by atoms with van der Waals surface area (Å²) in [5.41, 5.74) is 2.87. The molecule has 2 N–H and O–H groups in total. The SMILES string of the molecule is CCNC(=NCc1ccc(C#N)cc1)NC1CCN(c2cc(OC)cc(OC)c2)CC1. The van der Waals surface area contributed by atoms with Crippen molar-refractivity contribution in [3.05, 3.63) is 53.6 Å². The first-order chi connectivity index (χ1) is 15.1. The van der Waals surface area contributed by atoms with E-state index in [1.54, 1.807) is 14.2 Å². The molecule has 0 unspecified atom stereocenters. The zero-order chi connectivity index (χ0) is 22.1. The van der Waals surface area contributed by atoms with Crippen molar-refractivity contribution in [2.75, 3.05) is 38.8 Å². The van der Waals surface area contributed by atoms with Crippen LogP contribution in [-0.2, 0) is 6.54 Å². The highest BCUT2D eigenvalue weighted by molar-refractivity contribution is 5.80. The van der Waals surface area contributed by atoms with Crippen LogP contribution in [-0.4, -0.2) is 45.9 Å². The standard InChI is InChI=1S/C24H31N5O2/c1-4-26-24(27-17-19-7-5-18(16-25)6-8-19)28-20-9-11-29(12-10-20)21-13-22(30-2)15-23(14-21)31-3/h5-8,13-15,20H,4,9-12,17H2,1-3H3,(H2,26,27,28). The Balaban J connectivity index is 1.58. The van der Waals surface area contributed by atoms with Crippen molar-refractivity contribution < 1.29 is 9.47 Å². The number of nitriles is 1. The summed E-state index contributed by atoms with van der Waals surface area (Å²) in [6, 6.07) is 16.1. The summed E-state index contributed by atoms with van der Waals surface area (Å²) in [7, 11) is 3.35. The number of nitrogens with zero attached hydrogens (tertiary/aromatic N) is 3. The molecule has 1 aliphatic rings. The Hall–Kier alpha value is -3.40. The number of benzene rings is 2. The third kappa shape index (κ3) is 6.29. The van der Waals surface area contributed by atoms with Crippen molar-refractivity contribution in [1.29, 1.82) is 5.26 Å². The molecule has 31 heavy (non-hydrogen) atoms. The van der Waals surface area contributed by atoms with Crippen LogP contribution in [0.4, 0.5) is 5.69 Å². The van der Waals surface area contributed by atoms with E-state index in [0.717, 1.165) is 61.2 Å². The fourth-order valence-electron chi connectivity index (χ4n) is 3.63. The first-order valence-corrected chi connectivity index (χ1v) is 10.7. The number of anilines is 1. The molecule has 0 spiro atoms. The molecule has 0 atom stereocenters. The lowest BCUT2D eigenvalue weighted by Gasteiger charge is -2.34. The lowest BCUT2D eigenvalue weighted by molar-refractivity contribution is 0.393. The molecule has 3 rings (SSSR count). The highest BCUT2D eigenvalue weighted by Gasteiger charge is 2.21. The zero-order valence-electron chi connectivity index (χ0n) is 18.5. The quantitative estimate of drug-likeness (QED) is 0.527. The van der Waals surface area contributed by atoms with E-state index in [1.807, 2.05) is 30.3 Å². The van der Waals surface area contributed by atoms with Crippen LogP contribution >= 0.6 is 0 Å². The summed E-state index contributed by atoms with van der Waals surface area (Å²) in [6.45, 7) is 5.34. The minimum Gasteiger partial charge on any atom is -0.497 e. The summed E-state index contributed by atoms with van der Waals surface area (Å²) < 4.78 is 10.8. The van der Waals surface area contributed by atoms with E-state index in [-0.39, 0.29) is 0 Å². The van der Waals surface area contributed by atoms with E-state index in [2.05, 4.69) is 40.7 Å². The molecule has 2 aromatic rings. The molecule has 0 aromatic heterocycles. The maximum Gasteiger partial charge on any atom is 0.191 e. The van der Waals surface area contributed by atoms with Gasteiger partial charge in [0, 0.05) is 49.6 Å². The number of guanidine groups is 1. The second kappa shape index (κ2) is 11.1. The van der Waals surface area contributed by atoms with E-state index in [4.69, 9.17) is 19.7 Å². The fourth-order valence-corrected chi connectivity index (χ4v) is 3.63. The monoisotopic (exact) mass is 421 g/mol. The molecule has 0 aliphatic carbocycles. The highest BCUT2D eigenvalue weighted by Crippen LogP contribution is 2.30. The highest BCUT2D eigenvalue weighted by atomic mass is 16.5. The average Bonchev–Trinajstić information content (AvgIpc) is 2.83. The van der Waals surface area contributed by atoms with Gasteiger partial charge < -0.3 is 25.0 Å². The molecule has 1 aliphatic heterocycles. The Morgan fingerprint density at radius 3 is 2.29 bits per heavy atom. The number of nitrogens with one attached hydrogen (secondary N) is 2. The number of ether oxygens (including phenoxy) is 2. The van der Waals surface area contributed by atoms with Gasteiger partial charge in [0.2, 0.25) is 0 Å². The van der Waals surface area contributed by atoms with Crippen molar-refractivity contribution in [1.82, 2.24) is 10.6 Å². The Bertz CT molecular complexity index is 890. The van der Waals surface area contributed by atoms with Crippen LogP contribution in [0.25, 0.3) is 0 Å². The molecule has 0 bridgehead atoms. The number of methoxy groups -OCH3 is 2. The van der Waals surface area contributed by atoms with Gasteiger partial charge in [-0.1, -0.05) is 12.1 Å². The number of rotatable bonds is 7. The van der Waals surface area contributed by atoms with Gasteiger partial charge in [-0.3, -0.25) is 0 Å². The van der Waals surface area contributed by atoms with Gasteiger partial charge in [-0.05, 0) is 37.5 Å². The van der Waals surface area contributed by atoms with E-state index in [0.29, 0.717) is 18.2 Å². The number of aliphatic imine (C=N–C) groups is 1. The second-order valence-electron chi connectivity index (χ2n) is 7.48. The van der Waals surface area contributed by atoms with Gasteiger partial charge in [0.1, 0.15) is 11.5 Å². The van der Waals surface area contributed by atoms with Crippen molar-refractivity contribution >= 4 is 11.6 Å². The third-order valence-electron chi connectivity index (χ3n) is 5.38. The first-order valence-electron chi connectivity index (χ1n) is 10.7. The van der Waals surface area contributed by atoms with Crippen molar-refractivity contribution in [2.24, 2.45) is 4.99 Å². The molecule has 7 heteroatoms. The zero-order valence-corrected chi connectivity index (χ0v) is 18.5. The Kier molecular flexibility index (Phi) is 7.99. The van der Waals surface area contributed by atoms with Gasteiger partial charge >= 0.3 is 0 Å². The predicted molar refractivity (Wildman–Crippen MR) is 124 cm³/mol. The van der Waals surface area contributed by atoms with Gasteiger partial charge in [-0.25, -0.2) is 4.99 Å². The summed E-state index contributed by atoms with van der Waals surface area (Å²) >= 11 is 0. The molecule has 1 saturated heterocycles. The van der Waals surface area contributed by atoms with Gasteiger partial charge in [0.25, 0.3) is 0 Å². The van der Waals surface area contributed by atoms with Gasteiger partial charge in [0.05, 0.1) is 32.4 Å². The average molecular weight is 422 g/mol. The molecular weight excluding hydrogens is 390 g/mol. The van der Waals surface area contributed by atoms with Gasteiger partial charge in [-0.15, -0.1) is 0 Å². The van der Waals surface area contributed by atoms with E-state index in [1.165, 1.54) is 0 Å². The van der Waals surface area contributed by atoms with E-state index < -0.39 is 0 Å². The molecule has 0 saturated carbocycles. The molecule has 164 valence electrons. The maximum absolute atomic E-state index is 8.93. The largest absolute Gasteiger partial charge is 0.497 e. The maximum atomic E-state index is 8.93. The lowest BCUT2D eigenvalue weighted by atomic mass is 10.0. The minimum atomic E-state index is 0.363. The second-order valence-corrected chi connectivity index (χ2v) is 7.48. The summed E-state index contributed by atoms with van der Waals surface area (Å²) in [6.07, 6.45) is 2.03. The molecule has 1 fully saturated rings. The molecule has 0 radical (unpaired) electrons. The first kappa shape index (κ1) is 22.3. The number of piperidine rings is 1. The van der Waals surface area contributed by atoms with Crippen LogP contribution in [0.5, 0.6) is 11.5 Å². The van der Waals surface area contributed by atoms with Crippen molar-refractivity contribution in [3.8, 4) is 17.6 Å². The molecular formula is C24H31N5O2. The topological polar surface area (TPSA) is 81.9 Å². The van der Waals surface area contributed by atoms with Crippen LogP contribution in [0.1, 0.15) is 30.9 Å². The van der Waals surface area contributed by atoms with Crippen molar-refractivity contribution in [3.63, 3.8) is 0 Å². The number of hydrogen-bond acceptors (Lipinski definition) is 5. The van der Waals surface area contributed by atoms with Crippen molar-refractivity contribution in [2.45, 2.75) is 32.4 Å². The predicted octanol–water partition coefficient (Wildman–Crippen LogP) is 3.30. The van der Waals surface area contributed by atoms with Gasteiger partial charge in [0.15, 0.2) is 5.96 Å². The van der Waals surface area contributed by atoms with Crippen LogP contribution in [0.3, 0.4) is 0 Å². The summed E-state index contributed by atoms with van der Waals surface area (Å²) in [5.74, 6) is 2.44. The lowest BCUT2D eigenvalue weighted by Crippen LogP contribution is -2.48. The van der Waals surface area contributed by atoms with E-state index in [9.17, 15) is 0 Å². The molecule has 0 amide bonds. The fraction of sp³-hybridized carbons (Fsp3) is 0.417. The van der Waals surface area contributed by atoms with Crippen LogP contribution in [0.15, 0.2) is 47.5 Å². The Morgan fingerprint density at radius 2 is 1.74 bits per heavy atom. The number of hydrogen-bond donors (Lipinski definition) is 2. The summed E-state index contributed by atoms with van der Waals surface area (Å²) in [4.78, 5) is 7.09. The molecule has 2 aromatic carbocycles. The molecule has 1 heterocycles. The van der Waals surface area contributed by atoms with Gasteiger partial charge in [-0.2, -0.15) is 5.26 Å². The smallest absolute Gasteiger partial charge is 0.191 e. The molecule has 7 nitrogen and oxygen atoms in total. The normalized spacial score (nSPS) is 14.6. The van der Waals surface area contributed by atoms with E-state index >= 15 is 0 Å². The summed E-state index contributed by atoms with van der Waals surface area (Å²) in [5, 5.41) is 15.8. The van der Waals surface area contributed by atoms with Crippen LogP contribution < -0.4 is 25.0 Å². The Labute approximate surface area is 184 Å². The van der Waals surface area contributed by atoms with Crippen LogP contribution in [0, 0.1) is 11.3 Å². The Morgan fingerprint density at radius 1 is 1.10 bits per heavy atom. The van der Waals surface area contributed by atoms with Crippen LogP contribution in [0.2, 0.25) is 0 Å². The minimum absolute atomic E-state index is 0.363.